The zero-order valence-corrected chi connectivity index (χ0v) is 13.5. The molecular formula is C17H25N3O2. The van der Waals surface area contributed by atoms with Crippen LogP contribution in [0.15, 0.2) is 18.2 Å². The number of benzene rings is 1. The van der Waals surface area contributed by atoms with Gasteiger partial charge in [-0.2, -0.15) is 0 Å². The summed E-state index contributed by atoms with van der Waals surface area (Å²) in [5.74, 6) is 0.407. The molecule has 1 aromatic carbocycles. The molecule has 0 radical (unpaired) electrons. The maximum atomic E-state index is 12.4. The Balaban J connectivity index is 2.09. The molecule has 1 aromatic rings. The average Bonchev–Trinajstić information content (AvgIpc) is 2.49. The van der Waals surface area contributed by atoms with Crippen molar-refractivity contribution in [3.8, 4) is 0 Å². The van der Waals surface area contributed by atoms with E-state index in [4.69, 9.17) is 0 Å². The summed E-state index contributed by atoms with van der Waals surface area (Å²) in [6.45, 7) is 7.43. The molecule has 1 aliphatic heterocycles. The quantitative estimate of drug-likeness (QED) is 0.797. The van der Waals surface area contributed by atoms with Crippen LogP contribution in [0.25, 0.3) is 0 Å². The molecule has 2 rings (SSSR count). The normalized spacial score (nSPS) is 21.2. The lowest BCUT2D eigenvalue weighted by atomic mass is 9.94. The molecule has 5 nitrogen and oxygen atoms in total. The van der Waals surface area contributed by atoms with Gasteiger partial charge in [0, 0.05) is 17.8 Å². The van der Waals surface area contributed by atoms with Crippen LogP contribution in [0.4, 0.5) is 5.69 Å². The van der Waals surface area contributed by atoms with E-state index in [1.54, 1.807) is 12.1 Å². The van der Waals surface area contributed by atoms with Gasteiger partial charge in [0.2, 0.25) is 5.91 Å². The molecule has 0 bridgehead atoms. The largest absolute Gasteiger partial charge is 0.352 e. The minimum Gasteiger partial charge on any atom is -0.352 e. The van der Waals surface area contributed by atoms with Crippen molar-refractivity contribution >= 4 is 17.5 Å². The van der Waals surface area contributed by atoms with E-state index in [-0.39, 0.29) is 17.9 Å². The third kappa shape index (κ3) is 4.07. The zero-order chi connectivity index (χ0) is 16.1. The molecule has 5 heteroatoms. The highest BCUT2D eigenvalue weighted by Crippen LogP contribution is 2.20. The number of rotatable bonds is 4. The number of amides is 2. The summed E-state index contributed by atoms with van der Waals surface area (Å²) in [4.78, 5) is 24.3. The van der Waals surface area contributed by atoms with Gasteiger partial charge in [0.05, 0.1) is 6.04 Å². The number of aryl methyl sites for hydroxylation is 1. The molecule has 0 aromatic heterocycles. The molecule has 2 atom stereocenters. The van der Waals surface area contributed by atoms with Crippen LogP contribution in [0.5, 0.6) is 0 Å². The van der Waals surface area contributed by atoms with Gasteiger partial charge in [-0.25, -0.2) is 0 Å². The van der Waals surface area contributed by atoms with Crippen LogP contribution < -0.4 is 16.0 Å². The van der Waals surface area contributed by atoms with E-state index in [1.165, 1.54) is 0 Å². The number of nitrogens with one attached hydrogen (secondary N) is 3. The van der Waals surface area contributed by atoms with E-state index < -0.39 is 0 Å². The molecule has 0 aliphatic carbocycles. The van der Waals surface area contributed by atoms with Gasteiger partial charge in [-0.05, 0) is 56.8 Å². The molecule has 1 saturated heterocycles. The molecule has 3 N–H and O–H groups in total. The lowest BCUT2D eigenvalue weighted by Gasteiger charge is -2.27. The molecule has 0 spiro atoms. The van der Waals surface area contributed by atoms with Crippen LogP contribution in [-0.4, -0.2) is 30.9 Å². The second kappa shape index (κ2) is 7.40. The van der Waals surface area contributed by atoms with Crippen molar-refractivity contribution in [2.75, 3.05) is 18.4 Å². The van der Waals surface area contributed by atoms with Crippen molar-refractivity contribution in [1.82, 2.24) is 10.6 Å². The van der Waals surface area contributed by atoms with Crippen LogP contribution in [0.1, 0.15) is 42.6 Å². The predicted octanol–water partition coefficient (Wildman–Crippen LogP) is 2.07. The molecular weight excluding hydrogens is 278 g/mol. The van der Waals surface area contributed by atoms with Gasteiger partial charge in [-0.15, -0.1) is 0 Å². The van der Waals surface area contributed by atoms with Crippen molar-refractivity contribution in [2.24, 2.45) is 5.92 Å². The SMILES string of the molecule is CCNC(=O)c1ccc(C)c(NC(=O)C2CC(C)CCN2)c1. The van der Waals surface area contributed by atoms with E-state index in [2.05, 4.69) is 22.9 Å². The van der Waals surface area contributed by atoms with Crippen LogP contribution in [-0.2, 0) is 4.79 Å². The Kier molecular flexibility index (Phi) is 5.55. The summed E-state index contributed by atoms with van der Waals surface area (Å²) in [5.41, 5.74) is 2.21. The van der Waals surface area contributed by atoms with Crippen molar-refractivity contribution in [1.29, 1.82) is 0 Å². The molecule has 1 aliphatic rings. The standard InChI is InChI=1S/C17H25N3O2/c1-4-18-16(21)13-6-5-12(3)14(10-13)20-17(22)15-9-11(2)7-8-19-15/h5-6,10-11,15,19H,4,7-9H2,1-3H3,(H,18,21)(H,20,22). The Hall–Kier alpha value is -1.88. The first-order chi connectivity index (χ1) is 10.5. The van der Waals surface area contributed by atoms with Gasteiger partial charge in [-0.1, -0.05) is 13.0 Å². The monoisotopic (exact) mass is 303 g/mol. The maximum absolute atomic E-state index is 12.4. The molecule has 2 amide bonds. The van der Waals surface area contributed by atoms with Crippen LogP contribution in [0, 0.1) is 12.8 Å². The van der Waals surface area contributed by atoms with E-state index >= 15 is 0 Å². The van der Waals surface area contributed by atoms with Gasteiger partial charge in [0.1, 0.15) is 0 Å². The smallest absolute Gasteiger partial charge is 0.251 e. The van der Waals surface area contributed by atoms with Gasteiger partial charge in [0.25, 0.3) is 5.91 Å². The van der Waals surface area contributed by atoms with Crippen LogP contribution in [0.2, 0.25) is 0 Å². The predicted molar refractivity (Wildman–Crippen MR) is 88.0 cm³/mol. The highest BCUT2D eigenvalue weighted by molar-refractivity contribution is 5.99. The van der Waals surface area contributed by atoms with E-state index in [0.29, 0.717) is 23.7 Å². The molecule has 1 heterocycles. The second-order valence-electron chi connectivity index (χ2n) is 6.01. The summed E-state index contributed by atoms with van der Waals surface area (Å²) in [5, 5.41) is 8.98. The Labute approximate surface area is 131 Å². The van der Waals surface area contributed by atoms with Gasteiger partial charge >= 0.3 is 0 Å². The number of hydrogen-bond donors (Lipinski definition) is 3. The summed E-state index contributed by atoms with van der Waals surface area (Å²) in [7, 11) is 0. The summed E-state index contributed by atoms with van der Waals surface area (Å²) >= 11 is 0. The maximum Gasteiger partial charge on any atom is 0.251 e. The highest BCUT2D eigenvalue weighted by atomic mass is 16.2. The van der Waals surface area contributed by atoms with Gasteiger partial charge < -0.3 is 16.0 Å². The first-order valence-corrected chi connectivity index (χ1v) is 7.94. The van der Waals surface area contributed by atoms with Crippen molar-refractivity contribution in [2.45, 2.75) is 39.7 Å². The minimum absolute atomic E-state index is 0.0253. The molecule has 0 saturated carbocycles. The highest BCUT2D eigenvalue weighted by Gasteiger charge is 2.24. The first kappa shape index (κ1) is 16.5. The van der Waals surface area contributed by atoms with Crippen LogP contribution >= 0.6 is 0 Å². The fourth-order valence-electron chi connectivity index (χ4n) is 2.69. The van der Waals surface area contributed by atoms with E-state index in [1.807, 2.05) is 19.9 Å². The third-order valence-electron chi connectivity index (χ3n) is 4.08. The molecule has 1 fully saturated rings. The Morgan fingerprint density at radius 1 is 1.36 bits per heavy atom. The number of anilines is 1. The van der Waals surface area contributed by atoms with Gasteiger partial charge in [0.15, 0.2) is 0 Å². The summed E-state index contributed by atoms with van der Waals surface area (Å²) < 4.78 is 0. The Morgan fingerprint density at radius 3 is 2.82 bits per heavy atom. The molecule has 2 unspecified atom stereocenters. The minimum atomic E-state index is -0.156. The Morgan fingerprint density at radius 2 is 2.14 bits per heavy atom. The first-order valence-electron chi connectivity index (χ1n) is 7.94. The lowest BCUT2D eigenvalue weighted by Crippen LogP contribution is -2.45. The molecule has 120 valence electrons. The number of hydrogen-bond acceptors (Lipinski definition) is 3. The van der Waals surface area contributed by atoms with E-state index in [9.17, 15) is 9.59 Å². The molecule has 22 heavy (non-hydrogen) atoms. The zero-order valence-electron chi connectivity index (χ0n) is 13.5. The Bertz CT molecular complexity index is 557. The third-order valence-corrected chi connectivity index (χ3v) is 4.08. The summed E-state index contributed by atoms with van der Waals surface area (Å²) in [6, 6.07) is 5.22. The summed E-state index contributed by atoms with van der Waals surface area (Å²) in [6.07, 6.45) is 1.95. The van der Waals surface area contributed by atoms with Crippen molar-refractivity contribution < 1.29 is 9.59 Å². The van der Waals surface area contributed by atoms with E-state index in [0.717, 1.165) is 24.9 Å². The number of carbonyl (C=O) groups excluding carboxylic acids is 2. The second-order valence-corrected chi connectivity index (χ2v) is 6.01. The average molecular weight is 303 g/mol. The topological polar surface area (TPSA) is 70.2 Å². The van der Waals surface area contributed by atoms with Crippen molar-refractivity contribution in [3.05, 3.63) is 29.3 Å². The number of carbonyl (C=O) groups is 2. The van der Waals surface area contributed by atoms with Crippen molar-refractivity contribution in [3.63, 3.8) is 0 Å². The fraction of sp³-hybridized carbons (Fsp3) is 0.529. The van der Waals surface area contributed by atoms with Gasteiger partial charge in [-0.3, -0.25) is 9.59 Å². The lowest BCUT2D eigenvalue weighted by molar-refractivity contribution is -0.119. The number of piperidine rings is 1. The van der Waals surface area contributed by atoms with Crippen LogP contribution in [0.3, 0.4) is 0 Å². The fourth-order valence-corrected chi connectivity index (χ4v) is 2.69.